The molecule has 0 aromatic carbocycles. The average molecular weight is 805 g/mol. The quantitative estimate of drug-likeness (QED) is 0.104. The minimum atomic E-state index is -1.81. The maximum Gasteiger partial charge on any atom is 0.187 e. The molecular formula is C39H64O17. The van der Waals surface area contributed by atoms with Crippen molar-refractivity contribution >= 4 is 0 Å². The van der Waals surface area contributed by atoms with E-state index in [4.69, 9.17) is 28.4 Å². The van der Waals surface area contributed by atoms with Crippen molar-refractivity contribution in [3.63, 3.8) is 0 Å². The minimum Gasteiger partial charge on any atom is -0.394 e. The predicted octanol–water partition coefficient (Wildman–Crippen LogP) is -2.22. The normalized spacial score (nSPS) is 54.1. The lowest BCUT2D eigenvalue weighted by Crippen LogP contribution is -2.65. The van der Waals surface area contributed by atoms with Gasteiger partial charge in [-0.2, -0.15) is 0 Å². The summed E-state index contributed by atoms with van der Waals surface area (Å²) < 4.78 is 35.4. The van der Waals surface area contributed by atoms with Crippen LogP contribution in [0.25, 0.3) is 0 Å². The number of ether oxygens (including phenoxy) is 6. The molecule has 3 heterocycles. The van der Waals surface area contributed by atoms with Gasteiger partial charge in [-0.1, -0.05) is 25.5 Å². The van der Waals surface area contributed by atoms with E-state index in [1.165, 1.54) is 5.57 Å². The molecule has 3 saturated carbocycles. The zero-order chi connectivity index (χ0) is 40.4. The third kappa shape index (κ3) is 7.54. The van der Waals surface area contributed by atoms with Crippen LogP contribution in [0.1, 0.15) is 72.1 Å². The van der Waals surface area contributed by atoms with Gasteiger partial charge in [0.25, 0.3) is 0 Å². The lowest BCUT2D eigenvalue weighted by molar-refractivity contribution is -0.376. The standard InChI is InChI=1S/C39H64O17/c1-16(42)20-6-7-21-19-5-4-17-12-18(8-10-38(17,2)22(19)9-11-39(20,21)3)52-37-34(56-36-33(50)30(47)27(44)24(14-41)54-36)31(48)28(45)25(55-37)15-51-35-32(49)29(46)26(43)23(13-40)53-35/h4,16,18-37,40-50H,5-15H2,1-3H3/t16-,18-,19-,20+,21-,22-,23+,24+,25+,26+,27+,28+,29-,30-,31-,32+,33+,34+,35+,36-,37+,38-,39+/m0/s1. The molecule has 7 rings (SSSR count). The van der Waals surface area contributed by atoms with Gasteiger partial charge in [-0.3, -0.25) is 0 Å². The van der Waals surface area contributed by atoms with E-state index >= 15 is 0 Å². The topological polar surface area (TPSA) is 278 Å². The zero-order valence-electron chi connectivity index (χ0n) is 32.3. The Morgan fingerprint density at radius 3 is 1.93 bits per heavy atom. The Bertz CT molecular complexity index is 1360. The van der Waals surface area contributed by atoms with Crippen LogP contribution in [0, 0.1) is 34.5 Å². The van der Waals surface area contributed by atoms with Crippen molar-refractivity contribution in [1.82, 2.24) is 0 Å². The van der Waals surface area contributed by atoms with Gasteiger partial charge in [0, 0.05) is 0 Å². The van der Waals surface area contributed by atoms with Crippen molar-refractivity contribution in [1.29, 1.82) is 0 Å². The fourth-order valence-corrected chi connectivity index (χ4v) is 11.8. The van der Waals surface area contributed by atoms with Crippen LogP contribution in [-0.2, 0) is 28.4 Å². The first-order valence-electron chi connectivity index (χ1n) is 20.5. The highest BCUT2D eigenvalue weighted by molar-refractivity contribution is 5.25. The molecule has 11 N–H and O–H groups in total. The molecule has 0 unspecified atom stereocenters. The molecule has 0 aromatic rings. The van der Waals surface area contributed by atoms with Crippen LogP contribution in [0.15, 0.2) is 11.6 Å². The number of fused-ring (bicyclic) bond motifs is 5. The summed E-state index contributed by atoms with van der Waals surface area (Å²) in [6, 6.07) is 0. The van der Waals surface area contributed by atoms with Crippen LogP contribution in [0.5, 0.6) is 0 Å². The van der Waals surface area contributed by atoms with Crippen molar-refractivity contribution in [2.24, 2.45) is 34.5 Å². The van der Waals surface area contributed by atoms with E-state index in [-0.39, 0.29) is 16.9 Å². The minimum absolute atomic E-state index is 0.0514. The second-order valence-electron chi connectivity index (χ2n) is 18.1. The highest BCUT2D eigenvalue weighted by Gasteiger charge is 2.60. The fraction of sp³-hybridized carbons (Fsp3) is 0.949. The predicted molar refractivity (Wildman–Crippen MR) is 191 cm³/mol. The molecule has 17 nitrogen and oxygen atoms in total. The fourth-order valence-electron chi connectivity index (χ4n) is 11.8. The first-order valence-corrected chi connectivity index (χ1v) is 20.5. The van der Waals surface area contributed by atoms with Crippen LogP contribution >= 0.6 is 0 Å². The van der Waals surface area contributed by atoms with Gasteiger partial charge in [0.05, 0.1) is 32.0 Å². The Labute approximate surface area is 326 Å². The summed E-state index contributed by atoms with van der Waals surface area (Å²) in [6.07, 6.45) is -14.9. The molecule has 4 aliphatic carbocycles. The van der Waals surface area contributed by atoms with Gasteiger partial charge in [-0.05, 0) is 92.8 Å². The van der Waals surface area contributed by atoms with Gasteiger partial charge in [-0.15, -0.1) is 0 Å². The lowest BCUT2D eigenvalue weighted by atomic mass is 9.47. The molecule has 17 heteroatoms. The molecule has 0 spiro atoms. The number of aliphatic hydroxyl groups is 11. The summed E-state index contributed by atoms with van der Waals surface area (Å²) in [5.41, 5.74) is 1.36. The van der Waals surface area contributed by atoms with Crippen molar-refractivity contribution in [2.75, 3.05) is 19.8 Å². The third-order valence-corrected chi connectivity index (χ3v) is 15.1. The lowest BCUT2D eigenvalue weighted by Gasteiger charge is -2.58. The molecule has 3 aliphatic heterocycles. The van der Waals surface area contributed by atoms with Crippen LogP contribution < -0.4 is 0 Å². The van der Waals surface area contributed by atoms with E-state index in [1.807, 2.05) is 6.92 Å². The van der Waals surface area contributed by atoms with Crippen LogP contribution in [0.3, 0.4) is 0 Å². The van der Waals surface area contributed by atoms with Gasteiger partial charge in [0.1, 0.15) is 73.2 Å². The van der Waals surface area contributed by atoms with Crippen molar-refractivity contribution in [2.45, 2.75) is 176 Å². The number of aliphatic hydroxyl groups excluding tert-OH is 11. The monoisotopic (exact) mass is 804 g/mol. The molecule has 6 fully saturated rings. The molecule has 3 saturated heterocycles. The Morgan fingerprint density at radius 2 is 1.29 bits per heavy atom. The van der Waals surface area contributed by atoms with Gasteiger partial charge in [0.2, 0.25) is 0 Å². The van der Waals surface area contributed by atoms with E-state index in [1.54, 1.807) is 0 Å². The zero-order valence-corrected chi connectivity index (χ0v) is 32.3. The second kappa shape index (κ2) is 16.8. The molecule has 0 bridgehead atoms. The number of allylic oxidation sites excluding steroid dienone is 1. The van der Waals surface area contributed by atoms with E-state index in [0.717, 1.165) is 38.5 Å². The van der Waals surface area contributed by atoms with E-state index in [9.17, 15) is 56.2 Å². The first kappa shape index (κ1) is 43.2. The average Bonchev–Trinajstić information content (AvgIpc) is 3.54. The van der Waals surface area contributed by atoms with Crippen LogP contribution in [-0.4, -0.2) is 180 Å². The van der Waals surface area contributed by atoms with E-state index in [2.05, 4.69) is 19.9 Å². The molecule has 322 valence electrons. The second-order valence-corrected chi connectivity index (χ2v) is 18.1. The largest absolute Gasteiger partial charge is 0.394 e. The number of rotatable bonds is 10. The molecule has 0 amide bonds. The summed E-state index contributed by atoms with van der Waals surface area (Å²) in [5.74, 6) is 1.88. The summed E-state index contributed by atoms with van der Waals surface area (Å²) >= 11 is 0. The first-order chi connectivity index (χ1) is 26.5. The van der Waals surface area contributed by atoms with Crippen LogP contribution in [0.4, 0.5) is 0 Å². The molecule has 23 atom stereocenters. The summed E-state index contributed by atoms with van der Waals surface area (Å²) in [6.45, 7) is 4.75. The van der Waals surface area contributed by atoms with Crippen molar-refractivity contribution < 1.29 is 84.6 Å². The maximum absolute atomic E-state index is 11.5. The summed E-state index contributed by atoms with van der Waals surface area (Å²) in [5, 5.41) is 115. The van der Waals surface area contributed by atoms with Gasteiger partial charge in [-0.25, -0.2) is 0 Å². The van der Waals surface area contributed by atoms with Gasteiger partial charge in [0.15, 0.2) is 18.9 Å². The summed E-state index contributed by atoms with van der Waals surface area (Å²) in [7, 11) is 0. The molecule has 56 heavy (non-hydrogen) atoms. The number of hydrogen-bond donors (Lipinski definition) is 11. The highest BCUT2D eigenvalue weighted by Crippen LogP contribution is 2.66. The third-order valence-electron chi connectivity index (χ3n) is 15.1. The Morgan fingerprint density at radius 1 is 0.679 bits per heavy atom. The van der Waals surface area contributed by atoms with E-state index < -0.39 is 118 Å². The smallest absolute Gasteiger partial charge is 0.187 e. The molecule has 0 radical (unpaired) electrons. The maximum atomic E-state index is 11.5. The van der Waals surface area contributed by atoms with E-state index in [0.29, 0.717) is 36.5 Å². The van der Waals surface area contributed by atoms with Gasteiger partial charge < -0.3 is 84.6 Å². The van der Waals surface area contributed by atoms with Gasteiger partial charge >= 0.3 is 0 Å². The SMILES string of the molecule is C[C@H](O)[C@H]1CC[C@H]2[C@@H]3CC=C4C[C@@H](O[C@@H]5O[C@H](CO[C@@H]6O[C@H](CO)[C@@H](O)[C@H](O)[C@H]6O)[C@@H](O)[C@H](O)[C@H]5O[C@@H]5O[C@H](CO)[C@@H](O)[C@H](O)[C@H]5O)CC[C@]4(C)[C@H]3CC[C@]12C. The number of hydrogen-bond acceptors (Lipinski definition) is 17. The molecule has 7 aliphatic rings. The Hall–Kier alpha value is -0.940. The Kier molecular flexibility index (Phi) is 13.0. The summed E-state index contributed by atoms with van der Waals surface area (Å²) in [4.78, 5) is 0. The molecule has 0 aromatic heterocycles. The van der Waals surface area contributed by atoms with Crippen molar-refractivity contribution in [3.05, 3.63) is 11.6 Å². The molecular weight excluding hydrogens is 740 g/mol. The highest BCUT2D eigenvalue weighted by atomic mass is 16.8. The van der Waals surface area contributed by atoms with Crippen LogP contribution in [0.2, 0.25) is 0 Å². The van der Waals surface area contributed by atoms with Crippen molar-refractivity contribution in [3.8, 4) is 0 Å². The Balaban J connectivity index is 1.08.